The first-order chi connectivity index (χ1) is 16.1. The Morgan fingerprint density at radius 1 is 0.971 bits per heavy atom. The number of methoxy groups -OCH3 is 1. The van der Waals surface area contributed by atoms with Crippen LogP contribution in [0.3, 0.4) is 0 Å². The summed E-state index contributed by atoms with van der Waals surface area (Å²) in [4.78, 5) is 31.1. The Morgan fingerprint density at radius 3 is 1.97 bits per heavy atom. The summed E-state index contributed by atoms with van der Waals surface area (Å²) in [5.41, 5.74) is 2.85. The molecule has 7 nitrogen and oxygen atoms in total. The zero-order chi connectivity index (χ0) is 26.7. The molecule has 7 heteroatoms. The van der Waals surface area contributed by atoms with Crippen molar-refractivity contribution in [3.05, 3.63) is 40.1 Å². The fourth-order valence-corrected chi connectivity index (χ4v) is 4.47. The van der Waals surface area contributed by atoms with Crippen LogP contribution >= 0.6 is 0 Å². The van der Waals surface area contributed by atoms with Crippen molar-refractivity contribution >= 4 is 17.7 Å². The molecule has 35 heavy (non-hydrogen) atoms. The molecule has 1 aromatic carbocycles. The Morgan fingerprint density at radius 2 is 1.51 bits per heavy atom. The van der Waals surface area contributed by atoms with E-state index in [2.05, 4.69) is 4.99 Å². The Labute approximate surface area is 209 Å². The minimum absolute atomic E-state index is 0.0850. The number of aliphatic imine (C=N–C) groups is 1. The molecule has 1 unspecified atom stereocenters. The van der Waals surface area contributed by atoms with Gasteiger partial charge in [-0.05, 0) is 48.3 Å². The Balaban J connectivity index is 2.86. The lowest BCUT2D eigenvalue weighted by Crippen LogP contribution is -2.37. The predicted molar refractivity (Wildman–Crippen MR) is 137 cm³/mol. The average Bonchev–Trinajstić information content (AvgIpc) is 2.71. The highest BCUT2D eigenvalue weighted by Crippen LogP contribution is 2.46. The van der Waals surface area contributed by atoms with Gasteiger partial charge in [0.25, 0.3) is 0 Å². The highest BCUT2D eigenvalue weighted by molar-refractivity contribution is 6.07. The first-order valence-corrected chi connectivity index (χ1v) is 12.1. The molecule has 194 valence electrons. The molecule has 0 saturated carbocycles. The average molecular weight is 488 g/mol. The van der Waals surface area contributed by atoms with Crippen LogP contribution in [0.25, 0.3) is 0 Å². The van der Waals surface area contributed by atoms with Crippen LogP contribution in [-0.4, -0.2) is 49.7 Å². The molecule has 1 aromatic rings. The van der Waals surface area contributed by atoms with Gasteiger partial charge in [0.2, 0.25) is 0 Å². The van der Waals surface area contributed by atoms with Crippen molar-refractivity contribution in [1.29, 1.82) is 0 Å². The predicted octanol–water partition coefficient (Wildman–Crippen LogP) is 5.19. The van der Waals surface area contributed by atoms with Gasteiger partial charge in [-0.15, -0.1) is 0 Å². The van der Waals surface area contributed by atoms with Crippen LogP contribution in [0.5, 0.6) is 5.75 Å². The first-order valence-electron chi connectivity index (χ1n) is 12.1. The van der Waals surface area contributed by atoms with Crippen LogP contribution in [0.4, 0.5) is 0 Å². The number of esters is 2. The molecule has 0 radical (unpaired) electrons. The monoisotopic (exact) mass is 487 g/mol. The summed E-state index contributed by atoms with van der Waals surface area (Å²) in [5, 5.41) is 11.2. The zero-order valence-electron chi connectivity index (χ0n) is 22.9. The highest BCUT2D eigenvalue weighted by atomic mass is 16.6. The number of hydrogen-bond acceptors (Lipinski definition) is 7. The molecule has 2 rings (SSSR count). The SMILES string of the molecule is CCOC(=O)C1C(C)=NC(C)=C(C(=O)OCCOC)[C@H]1c1cc(C(C)(C)C)c(O)c(C(C)(C)C)c1. The van der Waals surface area contributed by atoms with Crippen LogP contribution in [0.1, 0.15) is 84.9 Å². The van der Waals surface area contributed by atoms with Crippen molar-refractivity contribution in [3.8, 4) is 5.75 Å². The third-order valence-electron chi connectivity index (χ3n) is 6.22. The molecule has 0 spiro atoms. The molecule has 0 fully saturated rings. The number of carbonyl (C=O) groups excluding carboxylic acids is 2. The number of aromatic hydroxyl groups is 1. The second-order valence-electron chi connectivity index (χ2n) is 11.1. The minimum Gasteiger partial charge on any atom is -0.507 e. The van der Waals surface area contributed by atoms with E-state index < -0.39 is 23.8 Å². The molecular weight excluding hydrogens is 446 g/mol. The standard InChI is InChI=1S/C28H41NO6/c1-11-34-25(31)21-16(2)29-17(3)22(26(32)35-13-12-33-10)23(21)18-14-19(27(4,5)6)24(30)20(15-18)28(7,8)9/h14-15,21,23,30H,11-13H2,1-10H3/t21?,23-/m0/s1. The number of benzene rings is 1. The Hall–Kier alpha value is -2.67. The molecule has 0 aliphatic carbocycles. The molecule has 0 amide bonds. The van der Waals surface area contributed by atoms with Gasteiger partial charge < -0.3 is 19.3 Å². The largest absolute Gasteiger partial charge is 0.507 e. The molecule has 2 atom stereocenters. The van der Waals surface area contributed by atoms with E-state index in [1.807, 2.05) is 53.7 Å². The molecule has 0 bridgehead atoms. The molecule has 0 aromatic heterocycles. The number of phenols is 1. The number of carbonyl (C=O) groups is 2. The summed E-state index contributed by atoms with van der Waals surface area (Å²) >= 11 is 0. The third-order valence-corrected chi connectivity index (χ3v) is 6.22. The van der Waals surface area contributed by atoms with E-state index in [-0.39, 0.29) is 36.4 Å². The van der Waals surface area contributed by atoms with Gasteiger partial charge in [-0.1, -0.05) is 53.7 Å². The summed E-state index contributed by atoms with van der Waals surface area (Å²) < 4.78 is 15.9. The van der Waals surface area contributed by atoms with Gasteiger partial charge in [0.15, 0.2) is 0 Å². The fraction of sp³-hybridized carbons (Fsp3) is 0.607. The van der Waals surface area contributed by atoms with E-state index in [4.69, 9.17) is 14.2 Å². The van der Waals surface area contributed by atoms with Gasteiger partial charge in [-0.2, -0.15) is 0 Å². The van der Waals surface area contributed by atoms with Crippen LogP contribution in [0, 0.1) is 5.92 Å². The van der Waals surface area contributed by atoms with Crippen molar-refractivity contribution in [2.45, 2.75) is 79.1 Å². The number of hydrogen-bond donors (Lipinski definition) is 1. The molecule has 0 saturated heterocycles. The highest BCUT2D eigenvalue weighted by Gasteiger charge is 2.43. The smallest absolute Gasteiger partial charge is 0.336 e. The molecule has 1 N–H and O–H groups in total. The zero-order valence-corrected chi connectivity index (χ0v) is 22.9. The Kier molecular flexibility index (Phi) is 8.93. The summed E-state index contributed by atoms with van der Waals surface area (Å²) in [5.74, 6) is -2.24. The minimum atomic E-state index is -0.797. The van der Waals surface area contributed by atoms with Crippen molar-refractivity contribution < 1.29 is 28.9 Å². The van der Waals surface area contributed by atoms with Crippen LogP contribution in [0.15, 0.2) is 28.4 Å². The number of nitrogens with zero attached hydrogens (tertiary/aromatic N) is 1. The number of phenolic OH excluding ortho intramolecular Hbond substituents is 1. The fourth-order valence-electron chi connectivity index (χ4n) is 4.47. The van der Waals surface area contributed by atoms with E-state index in [9.17, 15) is 14.7 Å². The lowest BCUT2D eigenvalue weighted by molar-refractivity contribution is -0.146. The summed E-state index contributed by atoms with van der Waals surface area (Å²) in [6.07, 6.45) is 0. The van der Waals surface area contributed by atoms with Gasteiger partial charge in [0, 0.05) is 24.4 Å². The first kappa shape index (κ1) is 28.6. The van der Waals surface area contributed by atoms with E-state index in [1.54, 1.807) is 20.8 Å². The van der Waals surface area contributed by atoms with E-state index in [0.29, 0.717) is 17.0 Å². The van der Waals surface area contributed by atoms with Gasteiger partial charge in [0.1, 0.15) is 18.3 Å². The van der Waals surface area contributed by atoms with Gasteiger partial charge in [-0.3, -0.25) is 9.79 Å². The number of rotatable bonds is 7. The van der Waals surface area contributed by atoms with E-state index in [0.717, 1.165) is 16.7 Å². The normalized spacial score (nSPS) is 18.9. The van der Waals surface area contributed by atoms with Gasteiger partial charge >= 0.3 is 11.9 Å². The second-order valence-corrected chi connectivity index (χ2v) is 11.1. The van der Waals surface area contributed by atoms with Crippen molar-refractivity contribution in [3.63, 3.8) is 0 Å². The maximum atomic E-state index is 13.3. The molecule has 1 aliphatic heterocycles. The maximum absolute atomic E-state index is 13.3. The Bertz CT molecular complexity index is 988. The van der Waals surface area contributed by atoms with Crippen LogP contribution in [-0.2, 0) is 34.6 Å². The van der Waals surface area contributed by atoms with Crippen molar-refractivity contribution in [2.75, 3.05) is 26.9 Å². The third kappa shape index (κ3) is 6.31. The van der Waals surface area contributed by atoms with Crippen LogP contribution in [0.2, 0.25) is 0 Å². The van der Waals surface area contributed by atoms with Gasteiger partial charge in [0.05, 0.1) is 18.8 Å². The lowest BCUT2D eigenvalue weighted by atomic mass is 9.71. The van der Waals surface area contributed by atoms with Crippen molar-refractivity contribution in [1.82, 2.24) is 0 Å². The topological polar surface area (TPSA) is 94.4 Å². The number of ether oxygens (including phenoxy) is 3. The van der Waals surface area contributed by atoms with Gasteiger partial charge in [-0.25, -0.2) is 4.79 Å². The summed E-state index contributed by atoms with van der Waals surface area (Å²) in [6.45, 7) is 18.0. The number of allylic oxidation sites excluding steroid dienone is 1. The molecular formula is C28H41NO6. The quantitative estimate of drug-likeness (QED) is 0.420. The second kappa shape index (κ2) is 10.9. The summed E-state index contributed by atoms with van der Waals surface area (Å²) in [6, 6.07) is 3.80. The molecule has 1 heterocycles. The van der Waals surface area contributed by atoms with E-state index in [1.165, 1.54) is 7.11 Å². The van der Waals surface area contributed by atoms with Crippen molar-refractivity contribution in [2.24, 2.45) is 10.9 Å². The summed E-state index contributed by atoms with van der Waals surface area (Å²) in [7, 11) is 1.53. The van der Waals surface area contributed by atoms with E-state index >= 15 is 0 Å². The lowest BCUT2D eigenvalue weighted by Gasteiger charge is -2.34. The van der Waals surface area contributed by atoms with Crippen LogP contribution < -0.4 is 0 Å². The maximum Gasteiger partial charge on any atom is 0.336 e. The molecule has 1 aliphatic rings.